The molecule has 2 amide bonds. The molecule has 0 saturated heterocycles. The topological polar surface area (TPSA) is 195 Å². The van der Waals surface area contributed by atoms with Crippen molar-refractivity contribution in [2.45, 2.75) is 99.7 Å². The van der Waals surface area contributed by atoms with Crippen molar-refractivity contribution in [2.24, 2.45) is 0 Å². The number of amides is 2. The van der Waals surface area contributed by atoms with E-state index in [9.17, 15) is 27.4 Å². The molecule has 0 atom stereocenters. The number of rotatable bonds is 5. The number of nitrogens with zero attached hydrogens (tertiary/aromatic N) is 2. The first-order valence-electron chi connectivity index (χ1n) is 20.9. The van der Waals surface area contributed by atoms with E-state index in [1.165, 1.54) is 24.3 Å². The van der Waals surface area contributed by atoms with Crippen molar-refractivity contribution >= 4 is 68.4 Å². The summed E-state index contributed by atoms with van der Waals surface area (Å²) in [6.45, 7) is 9.58. The van der Waals surface area contributed by atoms with Gasteiger partial charge in [-0.3, -0.25) is 14.1 Å². The number of carboxylic acids is 1. The summed E-state index contributed by atoms with van der Waals surface area (Å²) in [6, 6.07) is 14.9. The zero-order valence-electron chi connectivity index (χ0n) is 36.2. The van der Waals surface area contributed by atoms with Gasteiger partial charge in [0.2, 0.25) is 17.5 Å². The van der Waals surface area contributed by atoms with Crippen LogP contribution in [0.15, 0.2) is 113 Å². The van der Waals surface area contributed by atoms with E-state index in [0.29, 0.717) is 38.8 Å². The van der Waals surface area contributed by atoms with Crippen LogP contribution in [-0.4, -0.2) is 64.5 Å². The van der Waals surface area contributed by atoms with Crippen LogP contribution in [0.5, 0.6) is 0 Å². The zero-order chi connectivity index (χ0) is 45.4. The van der Waals surface area contributed by atoms with Crippen LogP contribution in [-0.2, 0) is 39.9 Å². The van der Waals surface area contributed by atoms with Crippen molar-refractivity contribution in [3.05, 3.63) is 120 Å². The molecule has 0 spiro atoms. The lowest BCUT2D eigenvalue weighted by Crippen LogP contribution is -2.28. The molecule has 6 rings (SSSR count). The number of benzene rings is 3. The summed E-state index contributed by atoms with van der Waals surface area (Å²) in [5.41, 5.74) is 5.25. The first kappa shape index (κ1) is 44.7. The van der Waals surface area contributed by atoms with Crippen LogP contribution in [0.2, 0.25) is 0 Å². The highest BCUT2D eigenvalue weighted by atomic mass is 32.2. The average Bonchev–Trinajstić information content (AvgIpc) is 3.58. The first-order chi connectivity index (χ1) is 30.0. The number of carbonyl (C=O) groups is 3. The summed E-state index contributed by atoms with van der Waals surface area (Å²) in [4.78, 5) is 41.3. The lowest BCUT2D eigenvalue weighted by atomic mass is 9.81. The molecule has 0 saturated carbocycles. The van der Waals surface area contributed by atoms with E-state index in [-0.39, 0.29) is 46.5 Å². The fourth-order valence-electron chi connectivity index (χ4n) is 8.34. The Morgan fingerprint density at radius 3 is 2.18 bits per heavy atom. The van der Waals surface area contributed by atoms with Crippen LogP contribution < -0.4 is 15.5 Å². The van der Waals surface area contributed by atoms with Crippen molar-refractivity contribution < 1.29 is 51.7 Å². The van der Waals surface area contributed by atoms with Gasteiger partial charge in [0.25, 0.3) is 11.5 Å². The number of nitrogens with one attached hydrogen (secondary N) is 2. The Hall–Kier alpha value is -5.36. The molecule has 3 aliphatic heterocycles. The molecule has 3 heterocycles. The van der Waals surface area contributed by atoms with Crippen molar-refractivity contribution in [3.8, 4) is 0 Å². The van der Waals surface area contributed by atoms with Crippen LogP contribution in [0.4, 0.5) is 22.7 Å². The van der Waals surface area contributed by atoms with Crippen LogP contribution in [0.25, 0.3) is 1.43 Å². The molecule has 3 aromatic carbocycles. The van der Waals surface area contributed by atoms with E-state index < -0.39 is 26.9 Å². The molecule has 328 valence electrons. The average molecular weight is 887 g/mol. The van der Waals surface area contributed by atoms with Gasteiger partial charge in [-0.2, -0.15) is 13.0 Å². The van der Waals surface area contributed by atoms with E-state index in [0.717, 1.165) is 63.7 Å². The van der Waals surface area contributed by atoms with Gasteiger partial charge in [0.05, 0.1) is 27.9 Å². The number of fused-ring (bicyclic) bond motifs is 7. The zero-order valence-corrected chi connectivity index (χ0v) is 36.8. The molecule has 2 bridgehead atoms. The molecule has 0 aliphatic carbocycles. The Labute approximate surface area is 368 Å². The summed E-state index contributed by atoms with van der Waals surface area (Å²) in [5.74, 6) is -1.49. The first-order valence-corrected chi connectivity index (χ1v) is 22.7. The quantitative estimate of drug-likeness (QED) is 0.0536. The van der Waals surface area contributed by atoms with Crippen molar-refractivity contribution in [3.63, 3.8) is 0 Å². The third-order valence-electron chi connectivity index (χ3n) is 11.4. The minimum Gasteiger partial charge on any atom is -0.478 e. The molecular formula is C46H53N4O10S2+. The third kappa shape index (κ3) is 10.8. The number of aromatic carboxylic acids is 1. The molecule has 16 heteroatoms. The van der Waals surface area contributed by atoms with Crippen LogP contribution in [0, 0.1) is 0 Å². The highest BCUT2D eigenvalue weighted by molar-refractivity contribution is 7.94. The van der Waals surface area contributed by atoms with Crippen LogP contribution in [0.3, 0.4) is 0 Å². The summed E-state index contributed by atoms with van der Waals surface area (Å²) < 4.78 is 48.3. The molecular weight excluding hydrogens is 833 g/mol. The van der Waals surface area contributed by atoms with Gasteiger partial charge in [-0.15, -0.1) is 4.33 Å². The Morgan fingerprint density at radius 1 is 0.823 bits per heavy atom. The van der Waals surface area contributed by atoms with Gasteiger partial charge in [-0.1, -0.05) is 55.7 Å². The standard InChI is InChI=1S/C46H52N4O10S2/c1-45(2)36-29-34(61-60-59-55)20-22-38(36)49-24-14-8-12-18-42(51)47-32-26-31(44(53)54)27-33(28-32)48-43(52)19-13-9-15-25-50-39-23-21-35(62(56,57)58)30-37(39)46(3,4)41(50)17-11-7-5-6-10-16-40(45)49/h5-7,10-11,16-17,20-23,26-30H,8-9,12-15,18-19,24-25H2,1-4H3,(H4-,47,48,51,52,53,54,55,56,57,58)/p+1/i/hD. The van der Waals surface area contributed by atoms with Crippen LogP contribution in [0.1, 0.15) is 101 Å². The Morgan fingerprint density at radius 2 is 1.50 bits per heavy atom. The molecule has 0 fully saturated rings. The third-order valence-corrected chi connectivity index (χ3v) is 12.9. The molecule has 5 N–H and O–H groups in total. The summed E-state index contributed by atoms with van der Waals surface area (Å²) in [5, 5.41) is 22.4. The Bertz CT molecular complexity index is 2510. The van der Waals surface area contributed by atoms with Crippen molar-refractivity contribution in [2.75, 3.05) is 28.6 Å². The lowest BCUT2D eigenvalue weighted by molar-refractivity contribution is -0.438. The molecule has 0 unspecified atom stereocenters. The Balaban J connectivity index is 1.31. The lowest BCUT2D eigenvalue weighted by Gasteiger charge is -2.27. The maximum atomic E-state index is 13.1. The number of hydrogen-bond donors (Lipinski definition) is 5. The van der Waals surface area contributed by atoms with Crippen molar-refractivity contribution in [1.82, 2.24) is 0 Å². The Kier molecular flexibility index (Phi) is 14.3. The van der Waals surface area contributed by atoms with Crippen LogP contribution >= 0.6 is 12.0 Å². The van der Waals surface area contributed by atoms with Gasteiger partial charge >= 0.3 is 5.97 Å². The van der Waals surface area contributed by atoms with Gasteiger partial charge in [-0.05, 0) is 99.7 Å². The van der Waals surface area contributed by atoms with E-state index >= 15 is 0 Å². The van der Waals surface area contributed by atoms with E-state index in [2.05, 4.69) is 50.2 Å². The second-order valence-electron chi connectivity index (χ2n) is 16.5. The maximum Gasteiger partial charge on any atom is 0.335 e. The summed E-state index contributed by atoms with van der Waals surface area (Å²) in [6.07, 6.45) is 18.4. The van der Waals surface area contributed by atoms with Gasteiger partial charge in [-0.25, -0.2) is 10.1 Å². The SMILES string of the molecule is [2H]OC(=O)c1cc2cc(c1)NC(=O)CCCCC[N+]1=C(/C=C/C=C/C=C/C=C3N(CCCCCC(=O)N2)c2ccc(S(=O)(=O)O)cc2C3(C)C)C(C)(C)c2cc(SOOO)ccc21. The fraction of sp³-hybridized carbons (Fsp3) is 0.348. The van der Waals surface area contributed by atoms with E-state index in [1.54, 1.807) is 12.1 Å². The largest absolute Gasteiger partial charge is 0.478 e. The second-order valence-corrected chi connectivity index (χ2v) is 18.7. The molecule has 14 nitrogen and oxygen atoms in total. The number of allylic oxidation sites excluding steroid dienone is 8. The van der Waals surface area contributed by atoms with Gasteiger partial charge in [0.1, 0.15) is 6.54 Å². The minimum atomic E-state index is -4.43. The minimum absolute atomic E-state index is 0.000577. The highest BCUT2D eigenvalue weighted by Gasteiger charge is 2.44. The van der Waals surface area contributed by atoms with Gasteiger partial charge in [0.15, 0.2) is 5.71 Å². The molecule has 3 aliphatic rings. The predicted molar refractivity (Wildman–Crippen MR) is 240 cm³/mol. The number of hydrogen-bond acceptors (Lipinski definition) is 11. The number of carbonyl (C=O) groups excluding carboxylic acids is 2. The maximum absolute atomic E-state index is 13.1. The summed E-state index contributed by atoms with van der Waals surface area (Å²) in [7, 11) is -4.43. The highest BCUT2D eigenvalue weighted by Crippen LogP contribution is 2.49. The van der Waals surface area contributed by atoms with E-state index in [1.807, 2.05) is 68.5 Å². The molecule has 0 aromatic heterocycles. The number of carboxylic acid groups (broad SMARTS) is 1. The fourth-order valence-corrected chi connectivity index (χ4v) is 9.25. The summed E-state index contributed by atoms with van der Waals surface area (Å²) >= 11 is 0.900. The van der Waals surface area contributed by atoms with Gasteiger partial charge in [0, 0.05) is 76.6 Å². The molecule has 62 heavy (non-hydrogen) atoms. The van der Waals surface area contributed by atoms with E-state index in [4.69, 9.17) is 11.0 Å². The van der Waals surface area contributed by atoms with Gasteiger partial charge < -0.3 is 20.6 Å². The monoisotopic (exact) mass is 886 g/mol. The normalized spacial score (nSPS) is 20.4. The van der Waals surface area contributed by atoms with Crippen molar-refractivity contribution in [1.29, 1.82) is 1.43 Å². The predicted octanol–water partition coefficient (Wildman–Crippen LogP) is 9.50. The molecule has 0 radical (unpaired) electrons. The second kappa shape index (κ2) is 19.8. The number of anilines is 3. The smallest absolute Gasteiger partial charge is 0.335 e. The molecule has 3 aromatic rings.